The van der Waals surface area contributed by atoms with Crippen molar-refractivity contribution in [3.63, 3.8) is 0 Å². The van der Waals surface area contributed by atoms with Crippen molar-refractivity contribution in [2.24, 2.45) is 0 Å². The van der Waals surface area contributed by atoms with Gasteiger partial charge in [0.1, 0.15) is 6.10 Å². The summed E-state index contributed by atoms with van der Waals surface area (Å²) in [5, 5.41) is 0. The van der Waals surface area contributed by atoms with Gasteiger partial charge >= 0.3 is 5.97 Å². The number of carbonyl (C=O) groups excluding carboxylic acids is 1. The van der Waals surface area contributed by atoms with Gasteiger partial charge < -0.3 is 4.74 Å². The molecule has 0 radical (unpaired) electrons. The van der Waals surface area contributed by atoms with Gasteiger partial charge in [0.2, 0.25) is 0 Å². The molecule has 0 aliphatic rings. The van der Waals surface area contributed by atoms with E-state index in [0.29, 0.717) is 6.42 Å². The molecule has 1 atom stereocenters. The third kappa shape index (κ3) is 8.75. The van der Waals surface area contributed by atoms with E-state index >= 15 is 0 Å². The Hall–Kier alpha value is -0.530. The van der Waals surface area contributed by atoms with Crippen LogP contribution in [0.3, 0.4) is 0 Å². The molecular formula is C14H28O2. The summed E-state index contributed by atoms with van der Waals surface area (Å²) in [6.07, 6.45) is 9.69. The Kier molecular flexibility index (Phi) is 10.6. The van der Waals surface area contributed by atoms with E-state index in [1.54, 1.807) is 0 Å². The summed E-state index contributed by atoms with van der Waals surface area (Å²) in [7, 11) is 0. The molecule has 1 unspecified atom stereocenters. The van der Waals surface area contributed by atoms with Crippen LogP contribution in [0.4, 0.5) is 0 Å². The molecule has 0 saturated carbocycles. The summed E-state index contributed by atoms with van der Waals surface area (Å²) in [4.78, 5) is 11.5. The molecule has 0 aromatic rings. The number of ether oxygens (including phenoxy) is 1. The Labute approximate surface area is 101 Å². The predicted octanol–water partition coefficient (Wildman–Crippen LogP) is 4.47. The largest absolute Gasteiger partial charge is 0.462 e. The highest BCUT2D eigenvalue weighted by Crippen LogP contribution is 2.10. The lowest BCUT2D eigenvalue weighted by Crippen LogP contribution is -2.16. The third-order valence-electron chi connectivity index (χ3n) is 2.85. The smallest absolute Gasteiger partial charge is 0.306 e. The monoisotopic (exact) mass is 228 g/mol. The van der Waals surface area contributed by atoms with Gasteiger partial charge in [0.05, 0.1) is 0 Å². The van der Waals surface area contributed by atoms with Crippen LogP contribution in [0.15, 0.2) is 0 Å². The van der Waals surface area contributed by atoms with Gasteiger partial charge in [-0.3, -0.25) is 4.79 Å². The van der Waals surface area contributed by atoms with E-state index in [1.165, 1.54) is 19.3 Å². The average molecular weight is 228 g/mol. The van der Waals surface area contributed by atoms with E-state index in [2.05, 4.69) is 20.8 Å². The summed E-state index contributed by atoms with van der Waals surface area (Å²) >= 11 is 0. The summed E-state index contributed by atoms with van der Waals surface area (Å²) in [5.74, 6) is -0.00296. The minimum absolute atomic E-state index is 0.00296. The van der Waals surface area contributed by atoms with Crippen LogP contribution in [0, 0.1) is 0 Å². The molecule has 0 fully saturated rings. The van der Waals surface area contributed by atoms with Gasteiger partial charge in [-0.1, -0.05) is 52.9 Å². The average Bonchev–Trinajstić information content (AvgIpc) is 2.28. The summed E-state index contributed by atoms with van der Waals surface area (Å²) < 4.78 is 5.41. The van der Waals surface area contributed by atoms with Gasteiger partial charge in [-0.25, -0.2) is 0 Å². The molecule has 16 heavy (non-hydrogen) atoms. The summed E-state index contributed by atoms with van der Waals surface area (Å²) in [6, 6.07) is 0. The number of unbranched alkanes of at least 4 members (excludes halogenated alkanes) is 4. The molecule has 2 heteroatoms. The lowest BCUT2D eigenvalue weighted by atomic mass is 10.1. The van der Waals surface area contributed by atoms with Crippen molar-refractivity contribution in [3.05, 3.63) is 0 Å². The molecule has 0 aliphatic heterocycles. The molecule has 0 N–H and O–H groups in total. The van der Waals surface area contributed by atoms with Gasteiger partial charge in [-0.2, -0.15) is 0 Å². The Morgan fingerprint density at radius 3 is 2.25 bits per heavy atom. The van der Waals surface area contributed by atoms with E-state index in [0.717, 1.165) is 32.1 Å². The first-order valence-corrected chi connectivity index (χ1v) is 6.94. The maximum atomic E-state index is 11.5. The number of hydrogen-bond donors (Lipinski definition) is 0. The highest BCUT2D eigenvalue weighted by atomic mass is 16.5. The van der Waals surface area contributed by atoms with Crippen LogP contribution in [0.5, 0.6) is 0 Å². The molecule has 0 spiro atoms. The van der Waals surface area contributed by atoms with E-state index in [-0.39, 0.29) is 12.1 Å². The van der Waals surface area contributed by atoms with Gasteiger partial charge in [0.25, 0.3) is 0 Å². The molecule has 96 valence electrons. The van der Waals surface area contributed by atoms with Crippen LogP contribution in [0.2, 0.25) is 0 Å². The van der Waals surface area contributed by atoms with Crippen molar-refractivity contribution >= 4 is 5.97 Å². The van der Waals surface area contributed by atoms with Crippen molar-refractivity contribution in [2.75, 3.05) is 0 Å². The fraction of sp³-hybridized carbons (Fsp3) is 0.929. The maximum Gasteiger partial charge on any atom is 0.306 e. The molecule has 0 amide bonds. The quantitative estimate of drug-likeness (QED) is 0.407. The Balaban J connectivity index is 3.48. The first-order chi connectivity index (χ1) is 7.74. The molecule has 0 saturated heterocycles. The van der Waals surface area contributed by atoms with Crippen molar-refractivity contribution in [1.29, 1.82) is 0 Å². The number of carbonyl (C=O) groups is 1. The van der Waals surface area contributed by atoms with E-state index in [1.807, 2.05) is 0 Å². The summed E-state index contributed by atoms with van der Waals surface area (Å²) in [6.45, 7) is 6.40. The Morgan fingerprint density at radius 1 is 1.00 bits per heavy atom. The second-order valence-electron chi connectivity index (χ2n) is 4.47. The summed E-state index contributed by atoms with van der Waals surface area (Å²) in [5.41, 5.74) is 0. The van der Waals surface area contributed by atoms with Crippen molar-refractivity contribution in [1.82, 2.24) is 0 Å². The van der Waals surface area contributed by atoms with Gasteiger partial charge in [-0.05, 0) is 19.3 Å². The highest BCUT2D eigenvalue weighted by molar-refractivity contribution is 5.69. The van der Waals surface area contributed by atoms with Crippen molar-refractivity contribution in [2.45, 2.75) is 84.7 Å². The van der Waals surface area contributed by atoms with Gasteiger partial charge in [-0.15, -0.1) is 0 Å². The molecule has 0 bridgehead atoms. The lowest BCUT2D eigenvalue weighted by Gasteiger charge is -2.15. The first kappa shape index (κ1) is 15.5. The van der Waals surface area contributed by atoms with Gasteiger partial charge in [0.15, 0.2) is 0 Å². The van der Waals surface area contributed by atoms with E-state index in [4.69, 9.17) is 4.74 Å². The normalized spacial score (nSPS) is 12.4. The Bertz CT molecular complexity index is 166. The zero-order valence-electron chi connectivity index (χ0n) is 11.3. The van der Waals surface area contributed by atoms with E-state index < -0.39 is 0 Å². The van der Waals surface area contributed by atoms with Crippen LogP contribution in [-0.4, -0.2) is 12.1 Å². The zero-order chi connectivity index (χ0) is 12.2. The molecule has 2 nitrogen and oxygen atoms in total. The van der Waals surface area contributed by atoms with Crippen molar-refractivity contribution in [3.8, 4) is 0 Å². The van der Waals surface area contributed by atoms with Crippen LogP contribution in [0.25, 0.3) is 0 Å². The van der Waals surface area contributed by atoms with E-state index in [9.17, 15) is 4.79 Å². The van der Waals surface area contributed by atoms with Crippen LogP contribution < -0.4 is 0 Å². The minimum atomic E-state index is -0.00296. The first-order valence-electron chi connectivity index (χ1n) is 6.94. The zero-order valence-corrected chi connectivity index (χ0v) is 11.3. The molecular weight excluding hydrogens is 200 g/mol. The molecule has 0 heterocycles. The molecule has 0 aromatic heterocycles. The molecule has 0 rings (SSSR count). The second-order valence-corrected chi connectivity index (χ2v) is 4.47. The highest BCUT2D eigenvalue weighted by Gasteiger charge is 2.10. The van der Waals surface area contributed by atoms with Crippen molar-refractivity contribution < 1.29 is 9.53 Å². The lowest BCUT2D eigenvalue weighted by molar-refractivity contribution is -0.149. The fourth-order valence-electron chi connectivity index (χ4n) is 1.79. The SMILES string of the molecule is CCCCCCCC(=O)OC(CC)CCC. The number of rotatable bonds is 10. The maximum absolute atomic E-state index is 11.5. The third-order valence-corrected chi connectivity index (χ3v) is 2.85. The molecule has 0 aromatic carbocycles. The standard InChI is InChI=1S/C14H28O2/c1-4-7-8-9-10-12-14(15)16-13(6-3)11-5-2/h13H,4-12H2,1-3H3. The second kappa shape index (κ2) is 11.0. The number of esters is 1. The molecule has 0 aliphatic carbocycles. The van der Waals surface area contributed by atoms with Crippen LogP contribution in [0.1, 0.15) is 78.6 Å². The van der Waals surface area contributed by atoms with Gasteiger partial charge in [0, 0.05) is 6.42 Å². The fourth-order valence-corrected chi connectivity index (χ4v) is 1.79. The predicted molar refractivity (Wildman–Crippen MR) is 68.5 cm³/mol. The Morgan fingerprint density at radius 2 is 1.69 bits per heavy atom. The van der Waals surface area contributed by atoms with Crippen LogP contribution in [-0.2, 0) is 9.53 Å². The number of hydrogen-bond acceptors (Lipinski definition) is 2. The topological polar surface area (TPSA) is 26.3 Å². The minimum Gasteiger partial charge on any atom is -0.462 e. The van der Waals surface area contributed by atoms with Crippen LogP contribution >= 0.6 is 0 Å².